The number of rotatable bonds is 7. The Morgan fingerprint density at radius 3 is 2.77 bits per heavy atom. The van der Waals surface area contributed by atoms with E-state index in [-0.39, 0.29) is 18.3 Å². The molecular weight excluding hydrogens is 502 g/mol. The molecule has 1 amide bonds. The van der Waals surface area contributed by atoms with Crippen LogP contribution in [0.3, 0.4) is 0 Å². The molecule has 0 N–H and O–H groups in total. The number of thiazole rings is 1. The highest BCUT2D eigenvalue weighted by Crippen LogP contribution is 2.33. The molecule has 1 fully saturated rings. The fourth-order valence-electron chi connectivity index (χ4n) is 3.48. The molecule has 1 aliphatic rings. The van der Waals surface area contributed by atoms with E-state index in [0.717, 1.165) is 59.7 Å². The number of benzene rings is 2. The van der Waals surface area contributed by atoms with Crippen molar-refractivity contribution in [2.24, 2.45) is 0 Å². The monoisotopic (exact) mass is 525 g/mol. The summed E-state index contributed by atoms with van der Waals surface area (Å²) in [6.07, 6.45) is 0.870. The van der Waals surface area contributed by atoms with Crippen molar-refractivity contribution in [3.63, 3.8) is 0 Å². The highest BCUT2D eigenvalue weighted by Gasteiger charge is 2.23. The average Bonchev–Trinajstić information content (AvgIpc) is 3.20. The third kappa shape index (κ3) is 5.75. The molecule has 0 atom stereocenters. The van der Waals surface area contributed by atoms with E-state index in [4.69, 9.17) is 14.5 Å². The zero-order valence-electron chi connectivity index (χ0n) is 17.3. The molecule has 0 radical (unpaired) electrons. The summed E-state index contributed by atoms with van der Waals surface area (Å²) in [6.45, 7) is 4.98. The quantitative estimate of drug-likeness (QED) is 0.440. The van der Waals surface area contributed by atoms with Gasteiger partial charge in [0.05, 0.1) is 36.1 Å². The van der Waals surface area contributed by atoms with Crippen LogP contribution in [0.2, 0.25) is 0 Å². The number of anilines is 1. The lowest BCUT2D eigenvalue weighted by molar-refractivity contribution is 0.0376. The highest BCUT2D eigenvalue weighted by atomic mass is 79.9. The average molecular weight is 527 g/mol. The van der Waals surface area contributed by atoms with Gasteiger partial charge in [0.25, 0.3) is 5.91 Å². The van der Waals surface area contributed by atoms with E-state index in [0.29, 0.717) is 17.2 Å². The predicted molar refractivity (Wildman–Crippen MR) is 131 cm³/mol. The Morgan fingerprint density at radius 2 is 2.03 bits per heavy atom. The first kappa shape index (κ1) is 23.9. The molecule has 6 nitrogen and oxygen atoms in total. The van der Waals surface area contributed by atoms with Crippen LogP contribution in [-0.4, -0.2) is 62.3 Å². The van der Waals surface area contributed by atoms with Gasteiger partial charge >= 0.3 is 0 Å². The summed E-state index contributed by atoms with van der Waals surface area (Å²) in [6, 6.07) is 13.3. The Balaban J connectivity index is 0.00000272. The van der Waals surface area contributed by atoms with Gasteiger partial charge < -0.3 is 9.47 Å². The molecule has 3 aromatic rings. The van der Waals surface area contributed by atoms with Crippen LogP contribution in [0.5, 0.6) is 5.75 Å². The first-order valence-corrected chi connectivity index (χ1v) is 11.6. The van der Waals surface area contributed by atoms with Crippen LogP contribution in [0.1, 0.15) is 16.8 Å². The molecule has 0 unspecified atom stereocenters. The SMILES string of the molecule is COc1ccc2nc(N(CCCN3CCOCC3)C(=O)c3ccccc3Br)sc2c1.Cl. The zero-order valence-corrected chi connectivity index (χ0v) is 20.5. The fraction of sp³-hybridized carbons (Fsp3) is 0.364. The minimum Gasteiger partial charge on any atom is -0.497 e. The molecule has 0 aliphatic carbocycles. The van der Waals surface area contributed by atoms with Gasteiger partial charge in [-0.05, 0) is 52.7 Å². The summed E-state index contributed by atoms with van der Waals surface area (Å²) in [5, 5.41) is 0.709. The van der Waals surface area contributed by atoms with E-state index >= 15 is 0 Å². The summed E-state index contributed by atoms with van der Waals surface area (Å²) in [7, 11) is 1.65. The number of halogens is 2. The number of fused-ring (bicyclic) bond motifs is 1. The minimum absolute atomic E-state index is 0. The third-order valence-electron chi connectivity index (χ3n) is 5.12. The van der Waals surface area contributed by atoms with Crippen LogP contribution in [0.25, 0.3) is 10.2 Å². The van der Waals surface area contributed by atoms with Crippen molar-refractivity contribution in [3.05, 3.63) is 52.5 Å². The fourth-order valence-corrected chi connectivity index (χ4v) is 4.95. The Hall–Kier alpha value is -1.71. The van der Waals surface area contributed by atoms with E-state index in [2.05, 4.69) is 20.8 Å². The van der Waals surface area contributed by atoms with Gasteiger partial charge in [-0.1, -0.05) is 23.5 Å². The summed E-state index contributed by atoms with van der Waals surface area (Å²) in [4.78, 5) is 22.4. The Labute approximate surface area is 200 Å². The van der Waals surface area contributed by atoms with E-state index in [1.54, 1.807) is 12.0 Å². The molecule has 1 aliphatic heterocycles. The molecule has 0 saturated carbocycles. The van der Waals surface area contributed by atoms with Crippen LogP contribution in [-0.2, 0) is 4.74 Å². The van der Waals surface area contributed by atoms with Crippen LogP contribution < -0.4 is 9.64 Å². The summed E-state index contributed by atoms with van der Waals surface area (Å²) >= 11 is 5.03. The number of carbonyl (C=O) groups excluding carboxylic acids is 1. The van der Waals surface area contributed by atoms with Gasteiger partial charge in [0.2, 0.25) is 0 Å². The van der Waals surface area contributed by atoms with Crippen molar-refractivity contribution in [1.82, 2.24) is 9.88 Å². The van der Waals surface area contributed by atoms with Crippen molar-refractivity contribution >= 4 is 60.9 Å². The Kier molecular flexibility index (Phi) is 8.68. The lowest BCUT2D eigenvalue weighted by atomic mass is 10.2. The van der Waals surface area contributed by atoms with E-state index in [9.17, 15) is 4.79 Å². The van der Waals surface area contributed by atoms with Crippen LogP contribution in [0.15, 0.2) is 46.9 Å². The molecule has 0 bridgehead atoms. The maximum atomic E-state index is 13.5. The molecule has 4 rings (SSSR count). The van der Waals surface area contributed by atoms with Gasteiger partial charge in [-0.3, -0.25) is 14.6 Å². The van der Waals surface area contributed by atoms with Crippen molar-refractivity contribution < 1.29 is 14.3 Å². The smallest absolute Gasteiger partial charge is 0.261 e. The number of nitrogens with zero attached hydrogens (tertiary/aromatic N) is 3. The minimum atomic E-state index is -0.0459. The number of ether oxygens (including phenoxy) is 2. The second-order valence-electron chi connectivity index (χ2n) is 7.07. The maximum absolute atomic E-state index is 13.5. The predicted octanol–water partition coefficient (Wildman–Crippen LogP) is 4.86. The first-order valence-electron chi connectivity index (χ1n) is 9.97. The number of methoxy groups -OCH3 is 1. The van der Waals surface area contributed by atoms with Crippen LogP contribution in [0.4, 0.5) is 5.13 Å². The van der Waals surface area contributed by atoms with Crippen molar-refractivity contribution in [2.75, 3.05) is 51.4 Å². The summed E-state index contributed by atoms with van der Waals surface area (Å²) < 4.78 is 12.6. The van der Waals surface area contributed by atoms with Gasteiger partial charge in [-0.25, -0.2) is 4.98 Å². The molecule has 166 valence electrons. The largest absolute Gasteiger partial charge is 0.497 e. The van der Waals surface area contributed by atoms with Crippen molar-refractivity contribution in [3.8, 4) is 5.75 Å². The van der Waals surface area contributed by atoms with Gasteiger partial charge in [0.1, 0.15) is 5.75 Å². The second-order valence-corrected chi connectivity index (χ2v) is 8.94. The second kappa shape index (κ2) is 11.2. The molecule has 2 heterocycles. The Bertz CT molecular complexity index is 1030. The van der Waals surface area contributed by atoms with Crippen molar-refractivity contribution in [1.29, 1.82) is 0 Å². The Morgan fingerprint density at radius 1 is 1.26 bits per heavy atom. The molecule has 1 saturated heterocycles. The topological polar surface area (TPSA) is 54.9 Å². The maximum Gasteiger partial charge on any atom is 0.261 e. The van der Waals surface area contributed by atoms with E-state index < -0.39 is 0 Å². The lowest BCUT2D eigenvalue weighted by Crippen LogP contribution is -2.39. The van der Waals surface area contributed by atoms with Crippen molar-refractivity contribution in [2.45, 2.75) is 6.42 Å². The molecular formula is C22H25BrClN3O3S. The number of aromatic nitrogens is 1. The number of carbonyl (C=O) groups is 1. The third-order valence-corrected chi connectivity index (χ3v) is 6.86. The van der Waals surface area contributed by atoms with Gasteiger partial charge in [0.15, 0.2) is 5.13 Å². The summed E-state index contributed by atoms with van der Waals surface area (Å²) in [5.41, 5.74) is 1.51. The normalized spacial score (nSPS) is 14.3. The first-order chi connectivity index (χ1) is 14.7. The van der Waals surface area contributed by atoms with E-state index in [1.165, 1.54) is 11.3 Å². The molecule has 31 heavy (non-hydrogen) atoms. The molecule has 9 heteroatoms. The van der Waals surface area contributed by atoms with Crippen LogP contribution >= 0.6 is 39.7 Å². The highest BCUT2D eigenvalue weighted by molar-refractivity contribution is 9.10. The van der Waals surface area contributed by atoms with Gasteiger partial charge in [-0.15, -0.1) is 12.4 Å². The molecule has 1 aromatic heterocycles. The van der Waals surface area contributed by atoms with Gasteiger partial charge in [0, 0.05) is 30.7 Å². The zero-order chi connectivity index (χ0) is 20.9. The number of hydrogen-bond acceptors (Lipinski definition) is 6. The number of hydrogen-bond donors (Lipinski definition) is 0. The molecule has 2 aromatic carbocycles. The number of morpholine rings is 1. The standard InChI is InChI=1S/C22H24BrN3O3S.ClH/c1-28-16-7-8-19-20(15-16)30-22(24-19)26(10-4-9-25-11-13-29-14-12-25)21(27)17-5-2-3-6-18(17)23;/h2-3,5-8,15H,4,9-14H2,1H3;1H. The van der Waals surface area contributed by atoms with Gasteiger partial charge in [-0.2, -0.15) is 0 Å². The van der Waals surface area contributed by atoms with E-state index in [1.807, 2.05) is 42.5 Å². The number of amides is 1. The molecule has 0 spiro atoms. The van der Waals surface area contributed by atoms with Crippen LogP contribution in [0, 0.1) is 0 Å². The lowest BCUT2D eigenvalue weighted by Gasteiger charge is -2.27. The summed E-state index contributed by atoms with van der Waals surface area (Å²) in [5.74, 6) is 0.740.